The van der Waals surface area contributed by atoms with Crippen LogP contribution in [0.5, 0.6) is 5.75 Å². The Balaban J connectivity index is 2.16. The van der Waals surface area contributed by atoms with Gasteiger partial charge in [0, 0.05) is 24.2 Å². The average molecular weight is 291 g/mol. The summed E-state index contributed by atoms with van der Waals surface area (Å²) < 4.78 is 5.66. The Morgan fingerprint density at radius 3 is 2.86 bits per heavy atom. The van der Waals surface area contributed by atoms with Gasteiger partial charge >= 0.3 is 0 Å². The molecular weight excluding hydrogens is 266 g/mol. The Hall–Kier alpha value is -1.39. The second-order valence-electron chi connectivity index (χ2n) is 5.88. The molecule has 0 bridgehead atoms. The third kappa shape index (κ3) is 4.05. The van der Waals surface area contributed by atoms with Crippen molar-refractivity contribution in [1.82, 2.24) is 4.90 Å². The van der Waals surface area contributed by atoms with Crippen molar-refractivity contribution < 1.29 is 14.6 Å². The second-order valence-corrected chi connectivity index (χ2v) is 5.88. The fourth-order valence-corrected chi connectivity index (χ4v) is 2.72. The van der Waals surface area contributed by atoms with Crippen LogP contribution in [0, 0.1) is 5.92 Å². The molecule has 1 aliphatic rings. The number of rotatable bonds is 5. The van der Waals surface area contributed by atoms with Crippen molar-refractivity contribution in [3.05, 3.63) is 29.3 Å². The molecule has 116 valence electrons. The number of hydrogen-bond acceptors (Lipinski definition) is 4. The molecule has 2 unspecified atom stereocenters. The monoisotopic (exact) mass is 291 g/mol. The van der Waals surface area contributed by atoms with Gasteiger partial charge in [-0.1, -0.05) is 6.92 Å². The number of aliphatic hydroxyl groups is 1. The zero-order valence-corrected chi connectivity index (χ0v) is 13.1. The number of benzene rings is 1. The molecule has 0 amide bonds. The van der Waals surface area contributed by atoms with Gasteiger partial charge in [-0.3, -0.25) is 9.69 Å². The summed E-state index contributed by atoms with van der Waals surface area (Å²) in [7, 11) is 0. The number of β-amino-alcohol motifs (C(OH)–C–C–N with tert-alkyl or cyclic N) is 1. The van der Waals surface area contributed by atoms with Crippen LogP contribution in [0.2, 0.25) is 0 Å². The van der Waals surface area contributed by atoms with Crippen molar-refractivity contribution in [3.8, 4) is 5.75 Å². The average Bonchev–Trinajstić information content (AvgIpc) is 2.45. The van der Waals surface area contributed by atoms with Gasteiger partial charge in [0.25, 0.3) is 0 Å². The second kappa shape index (κ2) is 7.05. The minimum atomic E-state index is -0.273. The summed E-state index contributed by atoms with van der Waals surface area (Å²) in [5.74, 6) is 1.25. The van der Waals surface area contributed by atoms with E-state index in [0.29, 0.717) is 31.2 Å². The molecule has 4 heteroatoms. The molecule has 1 aromatic carbocycles. The Kier molecular flexibility index (Phi) is 5.37. The van der Waals surface area contributed by atoms with E-state index in [9.17, 15) is 9.90 Å². The summed E-state index contributed by atoms with van der Waals surface area (Å²) in [6.07, 6.45) is 0.725. The highest BCUT2D eigenvalue weighted by Gasteiger charge is 2.24. The van der Waals surface area contributed by atoms with Gasteiger partial charge in [0.1, 0.15) is 5.75 Å². The van der Waals surface area contributed by atoms with Crippen LogP contribution in [0.3, 0.4) is 0 Å². The number of ketones is 1. The fourth-order valence-electron chi connectivity index (χ4n) is 2.72. The predicted molar refractivity (Wildman–Crippen MR) is 82.7 cm³/mol. The first kappa shape index (κ1) is 16.0. The van der Waals surface area contributed by atoms with E-state index in [0.717, 1.165) is 24.3 Å². The number of carbonyl (C=O) groups is 1. The maximum Gasteiger partial charge on any atom is 0.159 e. The Morgan fingerprint density at radius 1 is 1.48 bits per heavy atom. The maximum atomic E-state index is 11.6. The zero-order valence-electron chi connectivity index (χ0n) is 13.1. The van der Waals surface area contributed by atoms with Gasteiger partial charge in [-0.05, 0) is 50.9 Å². The number of aliphatic hydroxyl groups excluding tert-OH is 1. The Bertz CT molecular complexity index is 501. The van der Waals surface area contributed by atoms with Gasteiger partial charge in [-0.2, -0.15) is 0 Å². The molecule has 4 nitrogen and oxygen atoms in total. The van der Waals surface area contributed by atoms with Crippen molar-refractivity contribution >= 4 is 5.78 Å². The minimum Gasteiger partial charge on any atom is -0.494 e. The molecule has 1 aromatic rings. The molecule has 0 spiro atoms. The standard InChI is InChI=1S/C17H25NO3/c1-4-21-17-6-5-14(13(3)19)9-15(17)10-18-8-7-12(2)16(20)11-18/h5-6,9,12,16,20H,4,7-8,10-11H2,1-3H3. The summed E-state index contributed by atoms with van der Waals surface area (Å²) in [6.45, 7) is 8.57. The largest absolute Gasteiger partial charge is 0.494 e. The predicted octanol–water partition coefficient (Wildman–Crippen LogP) is 2.49. The minimum absolute atomic E-state index is 0.0617. The molecule has 0 saturated carbocycles. The Morgan fingerprint density at radius 2 is 2.24 bits per heavy atom. The zero-order chi connectivity index (χ0) is 15.4. The van der Waals surface area contributed by atoms with Crippen LogP contribution in [0.4, 0.5) is 0 Å². The van der Waals surface area contributed by atoms with Crippen LogP contribution in [-0.4, -0.2) is 41.6 Å². The van der Waals surface area contributed by atoms with Gasteiger partial charge in [0.2, 0.25) is 0 Å². The number of Topliss-reactive ketones (excluding diaryl/α,β-unsaturated/α-hetero) is 1. The molecule has 2 rings (SSSR count). The summed E-state index contributed by atoms with van der Waals surface area (Å²) in [4.78, 5) is 13.8. The van der Waals surface area contributed by atoms with E-state index in [1.165, 1.54) is 0 Å². The highest BCUT2D eigenvalue weighted by Crippen LogP contribution is 2.25. The maximum absolute atomic E-state index is 11.6. The van der Waals surface area contributed by atoms with E-state index in [2.05, 4.69) is 11.8 Å². The van der Waals surface area contributed by atoms with E-state index in [1.54, 1.807) is 6.92 Å². The van der Waals surface area contributed by atoms with Crippen molar-refractivity contribution in [3.63, 3.8) is 0 Å². The van der Waals surface area contributed by atoms with Crippen LogP contribution < -0.4 is 4.74 Å². The summed E-state index contributed by atoms with van der Waals surface area (Å²) in [6, 6.07) is 5.60. The number of ether oxygens (including phenoxy) is 1. The lowest BCUT2D eigenvalue weighted by atomic mass is 9.95. The molecule has 1 saturated heterocycles. The van der Waals surface area contributed by atoms with Crippen molar-refractivity contribution in [1.29, 1.82) is 0 Å². The van der Waals surface area contributed by atoms with E-state index >= 15 is 0 Å². The SMILES string of the molecule is CCOc1ccc(C(C)=O)cc1CN1CCC(C)C(O)C1. The third-order valence-electron chi connectivity index (χ3n) is 4.16. The molecule has 0 aromatic heterocycles. The van der Waals surface area contributed by atoms with Gasteiger partial charge in [-0.15, -0.1) is 0 Å². The lowest BCUT2D eigenvalue weighted by Crippen LogP contribution is -2.42. The first-order valence-electron chi connectivity index (χ1n) is 7.68. The number of hydrogen-bond donors (Lipinski definition) is 1. The summed E-state index contributed by atoms with van der Waals surface area (Å²) in [5.41, 5.74) is 1.73. The quantitative estimate of drug-likeness (QED) is 0.847. The van der Waals surface area contributed by atoms with E-state index in [-0.39, 0.29) is 11.9 Å². The van der Waals surface area contributed by atoms with E-state index in [4.69, 9.17) is 4.74 Å². The highest BCUT2D eigenvalue weighted by molar-refractivity contribution is 5.94. The molecule has 1 heterocycles. The molecule has 1 N–H and O–H groups in total. The van der Waals surface area contributed by atoms with Crippen LogP contribution in [0.1, 0.15) is 43.1 Å². The van der Waals surface area contributed by atoms with E-state index < -0.39 is 0 Å². The van der Waals surface area contributed by atoms with Crippen molar-refractivity contribution in [2.24, 2.45) is 5.92 Å². The molecule has 1 fully saturated rings. The van der Waals surface area contributed by atoms with Crippen LogP contribution in [-0.2, 0) is 6.54 Å². The molecule has 21 heavy (non-hydrogen) atoms. The lowest BCUT2D eigenvalue weighted by Gasteiger charge is -2.34. The molecular formula is C17H25NO3. The van der Waals surface area contributed by atoms with E-state index in [1.807, 2.05) is 25.1 Å². The summed E-state index contributed by atoms with van der Waals surface area (Å²) >= 11 is 0. The Labute approximate surface area is 126 Å². The molecule has 0 aliphatic carbocycles. The van der Waals surface area contributed by atoms with Gasteiger partial charge < -0.3 is 9.84 Å². The molecule has 2 atom stereocenters. The topological polar surface area (TPSA) is 49.8 Å². The van der Waals surface area contributed by atoms with Crippen LogP contribution in [0.15, 0.2) is 18.2 Å². The van der Waals surface area contributed by atoms with Crippen molar-refractivity contribution in [2.45, 2.75) is 39.8 Å². The molecule has 0 radical (unpaired) electrons. The first-order chi connectivity index (χ1) is 10.0. The summed E-state index contributed by atoms with van der Waals surface area (Å²) in [5, 5.41) is 10.0. The number of nitrogens with zero attached hydrogens (tertiary/aromatic N) is 1. The number of carbonyl (C=O) groups excluding carboxylic acids is 1. The third-order valence-corrected chi connectivity index (χ3v) is 4.16. The first-order valence-corrected chi connectivity index (χ1v) is 7.68. The smallest absolute Gasteiger partial charge is 0.159 e. The highest BCUT2D eigenvalue weighted by atomic mass is 16.5. The van der Waals surface area contributed by atoms with Gasteiger partial charge in [-0.25, -0.2) is 0 Å². The van der Waals surface area contributed by atoms with Gasteiger partial charge in [0.05, 0.1) is 12.7 Å². The number of piperidine rings is 1. The van der Waals surface area contributed by atoms with Crippen LogP contribution >= 0.6 is 0 Å². The lowest BCUT2D eigenvalue weighted by molar-refractivity contribution is 0.0256. The van der Waals surface area contributed by atoms with Crippen molar-refractivity contribution in [2.75, 3.05) is 19.7 Å². The number of likely N-dealkylation sites (tertiary alicyclic amines) is 1. The normalized spacial score (nSPS) is 23.0. The van der Waals surface area contributed by atoms with Crippen LogP contribution in [0.25, 0.3) is 0 Å². The fraction of sp³-hybridized carbons (Fsp3) is 0.588. The molecule has 1 aliphatic heterocycles. The van der Waals surface area contributed by atoms with Gasteiger partial charge in [0.15, 0.2) is 5.78 Å².